The standard InChI is InChI=1S/C12H18N2O2S/c1-3-6-13-11(16)8-17-12-5-4-10(7-14-12)9(2)15/h4-5,7,9,15H,3,6,8H2,1-2H3,(H,13,16)/t9-/m1/s1. The number of nitrogens with one attached hydrogen (secondary N) is 1. The molecule has 0 saturated carbocycles. The second-order valence-corrected chi connectivity index (χ2v) is 4.74. The van der Waals surface area contributed by atoms with Crippen molar-refractivity contribution in [3.05, 3.63) is 23.9 Å². The largest absolute Gasteiger partial charge is 0.389 e. The molecule has 0 aromatic carbocycles. The Kier molecular flexibility index (Phi) is 6.00. The van der Waals surface area contributed by atoms with Crippen molar-refractivity contribution in [1.29, 1.82) is 0 Å². The lowest BCUT2D eigenvalue weighted by atomic mass is 10.2. The third-order valence-corrected chi connectivity index (χ3v) is 3.11. The summed E-state index contributed by atoms with van der Waals surface area (Å²) in [5.41, 5.74) is 0.782. The van der Waals surface area contributed by atoms with E-state index >= 15 is 0 Å². The monoisotopic (exact) mass is 254 g/mol. The molecule has 0 unspecified atom stereocenters. The van der Waals surface area contributed by atoms with Gasteiger partial charge in [-0.15, -0.1) is 0 Å². The van der Waals surface area contributed by atoms with Gasteiger partial charge in [0, 0.05) is 12.7 Å². The number of carbonyl (C=O) groups excluding carboxylic acids is 1. The summed E-state index contributed by atoms with van der Waals surface area (Å²) in [6, 6.07) is 3.64. The first-order chi connectivity index (χ1) is 8.13. The normalized spacial score (nSPS) is 12.2. The predicted octanol–water partition coefficient (Wildman–Crippen LogP) is 1.75. The highest BCUT2D eigenvalue weighted by atomic mass is 32.2. The van der Waals surface area contributed by atoms with Crippen molar-refractivity contribution in [3.63, 3.8) is 0 Å². The molecule has 0 aliphatic rings. The Bertz CT molecular complexity index is 352. The molecular weight excluding hydrogens is 236 g/mol. The fourth-order valence-corrected chi connectivity index (χ4v) is 1.85. The van der Waals surface area contributed by atoms with E-state index < -0.39 is 6.10 Å². The highest BCUT2D eigenvalue weighted by Crippen LogP contribution is 2.17. The van der Waals surface area contributed by atoms with Crippen molar-refractivity contribution < 1.29 is 9.90 Å². The van der Waals surface area contributed by atoms with E-state index in [2.05, 4.69) is 10.3 Å². The van der Waals surface area contributed by atoms with Gasteiger partial charge in [0.15, 0.2) is 0 Å². The van der Waals surface area contributed by atoms with Crippen LogP contribution in [-0.4, -0.2) is 28.3 Å². The molecule has 94 valence electrons. The summed E-state index contributed by atoms with van der Waals surface area (Å²) >= 11 is 1.39. The molecule has 0 aliphatic heterocycles. The van der Waals surface area contributed by atoms with Crippen LogP contribution in [0.4, 0.5) is 0 Å². The Balaban J connectivity index is 2.39. The highest BCUT2D eigenvalue weighted by Gasteiger charge is 2.04. The van der Waals surface area contributed by atoms with Crippen molar-refractivity contribution in [2.24, 2.45) is 0 Å². The Morgan fingerprint density at radius 2 is 2.35 bits per heavy atom. The van der Waals surface area contributed by atoms with Crippen molar-refractivity contribution in [3.8, 4) is 0 Å². The summed E-state index contributed by atoms with van der Waals surface area (Å²) in [4.78, 5) is 15.5. The number of aromatic nitrogens is 1. The molecule has 1 heterocycles. The molecule has 0 radical (unpaired) electrons. The van der Waals surface area contributed by atoms with Crippen LogP contribution in [0, 0.1) is 0 Å². The van der Waals surface area contributed by atoms with Crippen LogP contribution in [0.2, 0.25) is 0 Å². The van der Waals surface area contributed by atoms with Gasteiger partial charge in [0.05, 0.1) is 16.9 Å². The number of hydrogen-bond acceptors (Lipinski definition) is 4. The predicted molar refractivity (Wildman–Crippen MR) is 68.9 cm³/mol. The number of rotatable bonds is 6. The average Bonchev–Trinajstić information content (AvgIpc) is 2.34. The number of hydrogen-bond donors (Lipinski definition) is 2. The molecule has 17 heavy (non-hydrogen) atoms. The van der Waals surface area contributed by atoms with Crippen LogP contribution in [-0.2, 0) is 4.79 Å². The molecule has 0 fully saturated rings. The van der Waals surface area contributed by atoms with Gasteiger partial charge in [-0.05, 0) is 25.0 Å². The maximum absolute atomic E-state index is 11.4. The van der Waals surface area contributed by atoms with Crippen molar-refractivity contribution >= 4 is 17.7 Å². The number of carbonyl (C=O) groups is 1. The van der Waals surface area contributed by atoms with Crippen LogP contribution in [0.15, 0.2) is 23.4 Å². The number of aliphatic hydroxyl groups is 1. The molecule has 5 heteroatoms. The van der Waals surface area contributed by atoms with Crippen LogP contribution in [0.3, 0.4) is 0 Å². The molecule has 1 rings (SSSR count). The Labute approximate surface area is 106 Å². The fraction of sp³-hybridized carbons (Fsp3) is 0.500. The zero-order valence-electron chi connectivity index (χ0n) is 10.1. The van der Waals surface area contributed by atoms with Crippen LogP contribution in [0.25, 0.3) is 0 Å². The van der Waals surface area contributed by atoms with Crippen LogP contribution in [0.5, 0.6) is 0 Å². The highest BCUT2D eigenvalue weighted by molar-refractivity contribution is 7.99. The first-order valence-corrected chi connectivity index (χ1v) is 6.65. The maximum Gasteiger partial charge on any atom is 0.230 e. The van der Waals surface area contributed by atoms with Gasteiger partial charge in [0.1, 0.15) is 0 Å². The number of nitrogens with zero attached hydrogens (tertiary/aromatic N) is 1. The Morgan fingerprint density at radius 3 is 2.88 bits per heavy atom. The van der Waals surface area contributed by atoms with Crippen molar-refractivity contribution in [2.45, 2.75) is 31.4 Å². The Hall–Kier alpha value is -1.07. The lowest BCUT2D eigenvalue weighted by Gasteiger charge is -2.05. The molecule has 1 atom stereocenters. The van der Waals surface area contributed by atoms with Gasteiger partial charge in [-0.3, -0.25) is 4.79 Å². The minimum Gasteiger partial charge on any atom is -0.389 e. The lowest BCUT2D eigenvalue weighted by molar-refractivity contribution is -0.118. The molecule has 0 saturated heterocycles. The van der Waals surface area contributed by atoms with Gasteiger partial charge in [0.2, 0.25) is 5.91 Å². The number of aliphatic hydroxyl groups excluding tert-OH is 1. The Morgan fingerprint density at radius 1 is 1.59 bits per heavy atom. The smallest absolute Gasteiger partial charge is 0.230 e. The van der Waals surface area contributed by atoms with E-state index in [0.717, 1.165) is 17.0 Å². The zero-order valence-corrected chi connectivity index (χ0v) is 11.0. The summed E-state index contributed by atoms with van der Waals surface area (Å²) in [6.45, 7) is 4.43. The molecule has 1 aromatic heterocycles. The molecule has 0 aliphatic carbocycles. The molecule has 2 N–H and O–H groups in total. The van der Waals surface area contributed by atoms with Crippen molar-refractivity contribution in [2.75, 3.05) is 12.3 Å². The van der Waals surface area contributed by atoms with E-state index in [4.69, 9.17) is 0 Å². The van der Waals surface area contributed by atoms with Gasteiger partial charge in [0.25, 0.3) is 0 Å². The topological polar surface area (TPSA) is 62.2 Å². The maximum atomic E-state index is 11.4. The summed E-state index contributed by atoms with van der Waals surface area (Å²) in [6.07, 6.45) is 2.07. The SMILES string of the molecule is CCCNC(=O)CSc1ccc([C@@H](C)O)cn1. The third-order valence-electron chi connectivity index (χ3n) is 2.16. The van der Waals surface area contributed by atoms with E-state index in [-0.39, 0.29) is 5.91 Å². The average molecular weight is 254 g/mol. The van der Waals surface area contributed by atoms with Crippen LogP contribution < -0.4 is 5.32 Å². The summed E-state index contributed by atoms with van der Waals surface area (Å²) in [5, 5.41) is 12.9. The molecule has 1 aromatic rings. The molecule has 0 spiro atoms. The second-order valence-electron chi connectivity index (χ2n) is 3.74. The van der Waals surface area contributed by atoms with E-state index in [0.29, 0.717) is 12.3 Å². The zero-order chi connectivity index (χ0) is 12.7. The van der Waals surface area contributed by atoms with Gasteiger partial charge in [-0.2, -0.15) is 0 Å². The molecule has 1 amide bonds. The number of pyridine rings is 1. The molecule has 0 bridgehead atoms. The summed E-state index contributed by atoms with van der Waals surface area (Å²) in [5.74, 6) is 0.402. The van der Waals surface area contributed by atoms with E-state index in [1.165, 1.54) is 11.8 Å². The van der Waals surface area contributed by atoms with E-state index in [9.17, 15) is 9.90 Å². The first kappa shape index (κ1) is 14.0. The minimum atomic E-state index is -0.505. The van der Waals surface area contributed by atoms with Crippen LogP contribution in [0.1, 0.15) is 31.9 Å². The second kappa shape index (κ2) is 7.29. The molecule has 4 nitrogen and oxygen atoms in total. The fourth-order valence-electron chi connectivity index (χ4n) is 1.18. The molecular formula is C12H18N2O2S. The van der Waals surface area contributed by atoms with Gasteiger partial charge in [-0.25, -0.2) is 4.98 Å². The lowest BCUT2D eigenvalue weighted by Crippen LogP contribution is -2.25. The third kappa shape index (κ3) is 5.19. The van der Waals surface area contributed by atoms with Crippen molar-refractivity contribution in [1.82, 2.24) is 10.3 Å². The van der Waals surface area contributed by atoms with E-state index in [1.54, 1.807) is 13.1 Å². The van der Waals surface area contributed by atoms with Gasteiger partial charge >= 0.3 is 0 Å². The van der Waals surface area contributed by atoms with Crippen LogP contribution >= 0.6 is 11.8 Å². The minimum absolute atomic E-state index is 0.0262. The van der Waals surface area contributed by atoms with Gasteiger partial charge < -0.3 is 10.4 Å². The van der Waals surface area contributed by atoms with E-state index in [1.807, 2.05) is 19.1 Å². The first-order valence-electron chi connectivity index (χ1n) is 5.67. The number of amides is 1. The number of thioether (sulfide) groups is 1. The quantitative estimate of drug-likeness (QED) is 0.759. The van der Waals surface area contributed by atoms with Gasteiger partial charge in [-0.1, -0.05) is 24.8 Å². The summed E-state index contributed by atoms with van der Waals surface area (Å²) in [7, 11) is 0. The summed E-state index contributed by atoms with van der Waals surface area (Å²) < 4.78 is 0.